The van der Waals surface area contributed by atoms with Gasteiger partial charge in [-0.15, -0.1) is 0 Å². The molecule has 0 spiro atoms. The molecular formula is C20H19N3O3. The number of furan rings is 1. The van der Waals surface area contributed by atoms with Crippen LogP contribution in [0.1, 0.15) is 27.6 Å². The number of amides is 1. The van der Waals surface area contributed by atoms with E-state index >= 15 is 0 Å². The van der Waals surface area contributed by atoms with E-state index in [-0.39, 0.29) is 5.91 Å². The average molecular weight is 349 g/mol. The number of nitrogens with zero attached hydrogens (tertiary/aromatic N) is 3. The first kappa shape index (κ1) is 16.3. The van der Waals surface area contributed by atoms with Gasteiger partial charge in [0.15, 0.2) is 5.76 Å². The second kappa shape index (κ2) is 6.63. The molecule has 0 saturated carbocycles. The SMILES string of the molecule is COc1ccc(-c2ncnc3c2CN(C(=O)c2ccc(C)o2)CC3)cc1. The van der Waals surface area contributed by atoms with Crippen LogP contribution in [0.5, 0.6) is 5.75 Å². The van der Waals surface area contributed by atoms with Gasteiger partial charge in [0.1, 0.15) is 17.8 Å². The minimum absolute atomic E-state index is 0.103. The van der Waals surface area contributed by atoms with E-state index in [4.69, 9.17) is 9.15 Å². The number of benzene rings is 1. The van der Waals surface area contributed by atoms with Gasteiger partial charge in [-0.05, 0) is 43.3 Å². The van der Waals surface area contributed by atoms with Gasteiger partial charge >= 0.3 is 0 Å². The quantitative estimate of drug-likeness (QED) is 0.726. The Morgan fingerprint density at radius 2 is 1.96 bits per heavy atom. The lowest BCUT2D eigenvalue weighted by Crippen LogP contribution is -2.36. The maximum atomic E-state index is 12.7. The molecule has 0 radical (unpaired) electrons. The van der Waals surface area contributed by atoms with Crippen LogP contribution in [-0.2, 0) is 13.0 Å². The highest BCUT2D eigenvalue weighted by molar-refractivity contribution is 5.91. The summed E-state index contributed by atoms with van der Waals surface area (Å²) in [5, 5.41) is 0. The largest absolute Gasteiger partial charge is 0.497 e. The van der Waals surface area contributed by atoms with Crippen molar-refractivity contribution in [2.45, 2.75) is 19.9 Å². The van der Waals surface area contributed by atoms with Crippen molar-refractivity contribution in [2.24, 2.45) is 0 Å². The maximum Gasteiger partial charge on any atom is 0.289 e. The molecule has 26 heavy (non-hydrogen) atoms. The molecule has 4 rings (SSSR count). The molecule has 6 heteroatoms. The molecule has 1 amide bonds. The van der Waals surface area contributed by atoms with Gasteiger partial charge in [0.05, 0.1) is 25.0 Å². The van der Waals surface area contributed by atoms with Gasteiger partial charge in [-0.2, -0.15) is 0 Å². The van der Waals surface area contributed by atoms with Crippen LogP contribution >= 0.6 is 0 Å². The molecule has 6 nitrogen and oxygen atoms in total. The summed E-state index contributed by atoms with van der Waals surface area (Å²) in [5.74, 6) is 1.79. The lowest BCUT2D eigenvalue weighted by molar-refractivity contribution is 0.0700. The summed E-state index contributed by atoms with van der Waals surface area (Å²) in [6, 6.07) is 11.3. The molecule has 0 atom stereocenters. The molecule has 0 saturated heterocycles. The number of fused-ring (bicyclic) bond motifs is 1. The molecule has 0 fully saturated rings. The highest BCUT2D eigenvalue weighted by atomic mass is 16.5. The number of aromatic nitrogens is 2. The molecule has 2 aromatic heterocycles. The van der Waals surface area contributed by atoms with Crippen molar-refractivity contribution in [1.82, 2.24) is 14.9 Å². The van der Waals surface area contributed by atoms with Crippen LogP contribution in [0.15, 0.2) is 47.1 Å². The third kappa shape index (κ3) is 2.94. The molecule has 0 bridgehead atoms. The van der Waals surface area contributed by atoms with Crippen LogP contribution in [0.4, 0.5) is 0 Å². The van der Waals surface area contributed by atoms with Crippen molar-refractivity contribution >= 4 is 5.91 Å². The van der Waals surface area contributed by atoms with E-state index in [0.29, 0.717) is 25.3 Å². The van der Waals surface area contributed by atoms with Crippen molar-refractivity contribution in [1.29, 1.82) is 0 Å². The Kier molecular flexibility index (Phi) is 4.16. The lowest BCUT2D eigenvalue weighted by atomic mass is 9.99. The molecule has 1 aromatic carbocycles. The number of methoxy groups -OCH3 is 1. The number of carbonyl (C=O) groups excluding carboxylic acids is 1. The Morgan fingerprint density at radius 3 is 2.65 bits per heavy atom. The van der Waals surface area contributed by atoms with Crippen LogP contribution in [0, 0.1) is 6.92 Å². The van der Waals surface area contributed by atoms with Crippen LogP contribution < -0.4 is 4.74 Å². The first-order valence-electron chi connectivity index (χ1n) is 8.48. The Bertz CT molecular complexity index is 947. The standard InChI is InChI=1S/C20H19N3O3/c1-13-3-8-18(26-13)20(24)23-10-9-17-16(11-23)19(22-12-21-17)14-4-6-15(25-2)7-5-14/h3-8,12H,9-11H2,1-2H3. The van der Waals surface area contributed by atoms with Crippen molar-refractivity contribution in [2.75, 3.05) is 13.7 Å². The summed E-state index contributed by atoms with van der Waals surface area (Å²) >= 11 is 0. The maximum absolute atomic E-state index is 12.7. The number of aryl methyl sites for hydroxylation is 1. The fraction of sp³-hybridized carbons (Fsp3) is 0.250. The van der Waals surface area contributed by atoms with Gasteiger partial charge in [-0.3, -0.25) is 4.79 Å². The fourth-order valence-electron chi connectivity index (χ4n) is 3.22. The minimum atomic E-state index is -0.103. The topological polar surface area (TPSA) is 68.5 Å². The van der Waals surface area contributed by atoms with Crippen LogP contribution in [0.2, 0.25) is 0 Å². The van der Waals surface area contributed by atoms with Crippen molar-refractivity contribution < 1.29 is 13.9 Å². The van der Waals surface area contributed by atoms with E-state index in [1.54, 1.807) is 30.5 Å². The fourth-order valence-corrected chi connectivity index (χ4v) is 3.22. The molecule has 3 aromatic rings. The number of rotatable bonds is 3. The molecule has 0 N–H and O–H groups in total. The van der Waals surface area contributed by atoms with E-state index in [0.717, 1.165) is 34.0 Å². The van der Waals surface area contributed by atoms with E-state index in [1.807, 2.05) is 31.2 Å². The van der Waals surface area contributed by atoms with E-state index < -0.39 is 0 Å². The predicted molar refractivity (Wildman–Crippen MR) is 95.9 cm³/mol. The summed E-state index contributed by atoms with van der Waals surface area (Å²) in [5.41, 5.74) is 3.81. The number of ether oxygens (including phenoxy) is 1. The first-order chi connectivity index (χ1) is 12.7. The van der Waals surface area contributed by atoms with Gasteiger partial charge in [-0.25, -0.2) is 9.97 Å². The second-order valence-electron chi connectivity index (χ2n) is 6.26. The van der Waals surface area contributed by atoms with Crippen LogP contribution in [0.25, 0.3) is 11.3 Å². The van der Waals surface area contributed by atoms with E-state index in [1.165, 1.54) is 0 Å². The van der Waals surface area contributed by atoms with Crippen molar-refractivity contribution in [3.63, 3.8) is 0 Å². The molecule has 0 aliphatic carbocycles. The monoisotopic (exact) mass is 349 g/mol. The van der Waals surface area contributed by atoms with Crippen LogP contribution in [0.3, 0.4) is 0 Å². The number of carbonyl (C=O) groups is 1. The van der Waals surface area contributed by atoms with Gasteiger partial charge in [0.2, 0.25) is 0 Å². The van der Waals surface area contributed by atoms with Gasteiger partial charge in [0.25, 0.3) is 5.91 Å². The Balaban J connectivity index is 1.66. The summed E-state index contributed by atoms with van der Waals surface area (Å²) in [6.45, 7) is 2.92. The van der Waals surface area contributed by atoms with E-state index in [9.17, 15) is 4.79 Å². The molecular weight excluding hydrogens is 330 g/mol. The van der Waals surface area contributed by atoms with E-state index in [2.05, 4.69) is 9.97 Å². The average Bonchev–Trinajstić information content (AvgIpc) is 3.13. The third-order valence-corrected chi connectivity index (χ3v) is 4.60. The molecule has 3 heterocycles. The summed E-state index contributed by atoms with van der Waals surface area (Å²) in [6.07, 6.45) is 2.29. The number of hydrogen-bond donors (Lipinski definition) is 0. The highest BCUT2D eigenvalue weighted by Gasteiger charge is 2.27. The van der Waals surface area contributed by atoms with Crippen molar-refractivity contribution in [3.05, 3.63) is 65.5 Å². The summed E-state index contributed by atoms with van der Waals surface area (Å²) in [7, 11) is 1.64. The molecule has 0 unspecified atom stereocenters. The molecule has 1 aliphatic heterocycles. The summed E-state index contributed by atoms with van der Waals surface area (Å²) in [4.78, 5) is 23.4. The molecule has 1 aliphatic rings. The predicted octanol–water partition coefficient (Wildman–Crippen LogP) is 3.25. The summed E-state index contributed by atoms with van der Waals surface area (Å²) < 4.78 is 10.7. The Labute approximate surface area is 151 Å². The van der Waals surface area contributed by atoms with Gasteiger partial charge in [0, 0.05) is 24.1 Å². The second-order valence-corrected chi connectivity index (χ2v) is 6.26. The zero-order valence-electron chi connectivity index (χ0n) is 14.7. The number of hydrogen-bond acceptors (Lipinski definition) is 5. The normalized spacial score (nSPS) is 13.4. The third-order valence-electron chi connectivity index (χ3n) is 4.60. The van der Waals surface area contributed by atoms with Gasteiger partial charge in [-0.1, -0.05) is 0 Å². The first-order valence-corrected chi connectivity index (χ1v) is 8.48. The smallest absolute Gasteiger partial charge is 0.289 e. The zero-order chi connectivity index (χ0) is 18.1. The van der Waals surface area contributed by atoms with Crippen LogP contribution in [-0.4, -0.2) is 34.4 Å². The molecule has 132 valence electrons. The lowest BCUT2D eigenvalue weighted by Gasteiger charge is -2.28. The highest BCUT2D eigenvalue weighted by Crippen LogP contribution is 2.29. The minimum Gasteiger partial charge on any atom is -0.497 e. The van der Waals surface area contributed by atoms with Gasteiger partial charge < -0.3 is 14.1 Å². The van der Waals surface area contributed by atoms with Crippen molar-refractivity contribution in [3.8, 4) is 17.0 Å². The Hall–Kier alpha value is -3.15. The Morgan fingerprint density at radius 1 is 1.15 bits per heavy atom. The zero-order valence-corrected chi connectivity index (χ0v) is 14.7.